The largest absolute Gasteiger partial charge is 0.497 e. The average molecular weight is 354 g/mol. The molecule has 0 spiro atoms. The van der Waals surface area contributed by atoms with Crippen molar-refractivity contribution in [3.63, 3.8) is 0 Å². The van der Waals surface area contributed by atoms with Gasteiger partial charge in [-0.1, -0.05) is 31.4 Å². The van der Waals surface area contributed by atoms with Crippen LogP contribution in [0.2, 0.25) is 0 Å². The highest BCUT2D eigenvalue weighted by Crippen LogP contribution is 2.24. The first-order valence-corrected chi connectivity index (χ1v) is 9.06. The molecular formula is C20H26N4O2. The third-order valence-corrected chi connectivity index (χ3v) is 4.45. The molecule has 3 rings (SSSR count). The second-order valence-corrected chi connectivity index (χ2v) is 6.47. The molecule has 1 aliphatic rings. The summed E-state index contributed by atoms with van der Waals surface area (Å²) in [6, 6.07) is 11.7. The van der Waals surface area contributed by atoms with Gasteiger partial charge >= 0.3 is 0 Å². The summed E-state index contributed by atoms with van der Waals surface area (Å²) < 4.78 is 10.9. The minimum Gasteiger partial charge on any atom is -0.497 e. The van der Waals surface area contributed by atoms with Gasteiger partial charge < -0.3 is 20.5 Å². The lowest BCUT2D eigenvalue weighted by Gasteiger charge is -2.23. The van der Waals surface area contributed by atoms with Crippen molar-refractivity contribution in [2.45, 2.75) is 44.7 Å². The maximum Gasteiger partial charge on any atom is 0.219 e. The van der Waals surface area contributed by atoms with E-state index >= 15 is 0 Å². The third kappa shape index (κ3) is 5.37. The number of benzene rings is 1. The van der Waals surface area contributed by atoms with Gasteiger partial charge in [-0.05, 0) is 30.5 Å². The van der Waals surface area contributed by atoms with E-state index in [0.717, 1.165) is 11.3 Å². The van der Waals surface area contributed by atoms with Crippen molar-refractivity contribution in [1.29, 1.82) is 0 Å². The molecule has 1 aromatic heterocycles. The number of nitrogens with zero attached hydrogens (tertiary/aromatic N) is 2. The van der Waals surface area contributed by atoms with Crippen molar-refractivity contribution in [1.82, 2.24) is 10.3 Å². The van der Waals surface area contributed by atoms with E-state index in [2.05, 4.69) is 15.3 Å². The molecule has 1 fully saturated rings. The van der Waals surface area contributed by atoms with Gasteiger partial charge in [0.2, 0.25) is 5.88 Å². The van der Waals surface area contributed by atoms with Gasteiger partial charge in [-0.3, -0.25) is 0 Å². The third-order valence-electron chi connectivity index (χ3n) is 4.45. The predicted molar refractivity (Wildman–Crippen MR) is 103 cm³/mol. The summed E-state index contributed by atoms with van der Waals surface area (Å²) in [5.41, 5.74) is 6.98. The van der Waals surface area contributed by atoms with E-state index in [9.17, 15) is 0 Å². The van der Waals surface area contributed by atoms with Gasteiger partial charge in [0, 0.05) is 24.4 Å². The Bertz CT molecular complexity index is 725. The summed E-state index contributed by atoms with van der Waals surface area (Å²) in [5.74, 6) is 2.46. The van der Waals surface area contributed by atoms with E-state index in [4.69, 9.17) is 15.2 Å². The number of aliphatic imine (C=N–C) groups is 1. The first-order chi connectivity index (χ1) is 12.7. The Balaban J connectivity index is 1.52. The van der Waals surface area contributed by atoms with Gasteiger partial charge in [-0.15, -0.1) is 0 Å². The zero-order valence-corrected chi connectivity index (χ0v) is 15.1. The van der Waals surface area contributed by atoms with Crippen LogP contribution in [0.3, 0.4) is 0 Å². The lowest BCUT2D eigenvalue weighted by atomic mass is 9.96. The topological polar surface area (TPSA) is 81.8 Å². The van der Waals surface area contributed by atoms with E-state index in [-0.39, 0.29) is 0 Å². The molecule has 6 nitrogen and oxygen atoms in total. The number of hydrogen-bond donors (Lipinski definition) is 2. The second-order valence-electron chi connectivity index (χ2n) is 6.47. The van der Waals surface area contributed by atoms with E-state index in [1.165, 1.54) is 32.1 Å². The molecule has 0 aliphatic heterocycles. The van der Waals surface area contributed by atoms with Crippen molar-refractivity contribution in [2.24, 2.45) is 10.7 Å². The number of nitrogens with one attached hydrogen (secondary N) is 1. The fourth-order valence-electron chi connectivity index (χ4n) is 3.03. The van der Waals surface area contributed by atoms with Crippen LogP contribution in [-0.2, 0) is 6.54 Å². The smallest absolute Gasteiger partial charge is 0.219 e. The molecule has 1 heterocycles. The number of aromatic nitrogens is 1. The molecule has 26 heavy (non-hydrogen) atoms. The molecule has 138 valence electrons. The first kappa shape index (κ1) is 18.0. The zero-order chi connectivity index (χ0) is 18.2. The molecule has 1 saturated carbocycles. The minimum absolute atomic E-state index is 0.462. The van der Waals surface area contributed by atoms with Crippen molar-refractivity contribution in [3.05, 3.63) is 48.2 Å². The lowest BCUT2D eigenvalue weighted by molar-refractivity contribution is 0.407. The number of pyridine rings is 1. The first-order valence-electron chi connectivity index (χ1n) is 9.06. The van der Waals surface area contributed by atoms with Crippen LogP contribution in [0.5, 0.6) is 17.4 Å². The highest BCUT2D eigenvalue weighted by Gasteiger charge is 2.13. The molecule has 1 aromatic carbocycles. The van der Waals surface area contributed by atoms with Crippen LogP contribution in [0.15, 0.2) is 47.6 Å². The van der Waals surface area contributed by atoms with Crippen molar-refractivity contribution < 1.29 is 9.47 Å². The van der Waals surface area contributed by atoms with Crippen LogP contribution in [-0.4, -0.2) is 24.1 Å². The highest BCUT2D eigenvalue weighted by molar-refractivity contribution is 5.78. The summed E-state index contributed by atoms with van der Waals surface area (Å²) >= 11 is 0. The highest BCUT2D eigenvalue weighted by atomic mass is 16.5. The van der Waals surface area contributed by atoms with Crippen LogP contribution in [0, 0.1) is 0 Å². The second kappa shape index (κ2) is 9.08. The Hall–Kier alpha value is -2.76. The molecule has 6 heteroatoms. The van der Waals surface area contributed by atoms with E-state index in [1.54, 1.807) is 13.3 Å². The summed E-state index contributed by atoms with van der Waals surface area (Å²) in [6.45, 7) is 0.498. The number of ether oxygens (including phenoxy) is 2. The number of hydrogen-bond acceptors (Lipinski definition) is 4. The summed E-state index contributed by atoms with van der Waals surface area (Å²) in [4.78, 5) is 8.74. The number of nitrogens with two attached hydrogens (primary N) is 1. The minimum atomic E-state index is 0.462. The predicted octanol–water partition coefficient (Wildman–Crippen LogP) is 3.62. The molecule has 0 bridgehead atoms. The maximum absolute atomic E-state index is 5.99. The molecular weight excluding hydrogens is 328 g/mol. The standard InChI is InChI=1S/C20H26N4O2/c1-25-17-8-5-9-18(12-17)26-19-11-10-15(13-22-19)14-23-20(21)24-16-6-3-2-4-7-16/h5,8-13,16H,2-4,6-7,14H2,1H3,(H3,21,23,24). The van der Waals surface area contributed by atoms with Gasteiger partial charge in [0.25, 0.3) is 0 Å². The number of guanidine groups is 1. The Morgan fingerprint density at radius 2 is 2.00 bits per heavy atom. The molecule has 1 aliphatic carbocycles. The molecule has 3 N–H and O–H groups in total. The van der Waals surface area contributed by atoms with Gasteiger partial charge in [0.1, 0.15) is 11.5 Å². The Labute approximate surface area is 154 Å². The molecule has 0 atom stereocenters. The van der Waals surface area contributed by atoms with E-state index < -0.39 is 0 Å². The van der Waals surface area contributed by atoms with Crippen LogP contribution >= 0.6 is 0 Å². The van der Waals surface area contributed by atoms with Gasteiger partial charge in [0.05, 0.1) is 13.7 Å². The van der Waals surface area contributed by atoms with Crippen LogP contribution in [0.4, 0.5) is 0 Å². The van der Waals surface area contributed by atoms with Gasteiger partial charge in [-0.25, -0.2) is 9.98 Å². The van der Waals surface area contributed by atoms with Crippen LogP contribution < -0.4 is 20.5 Å². The Morgan fingerprint density at radius 3 is 2.73 bits per heavy atom. The SMILES string of the molecule is COc1cccc(Oc2ccc(CN=C(N)NC3CCCCC3)cn2)c1. The molecule has 2 aromatic rings. The zero-order valence-electron chi connectivity index (χ0n) is 15.1. The average Bonchev–Trinajstić information content (AvgIpc) is 2.68. The lowest BCUT2D eigenvalue weighted by Crippen LogP contribution is -2.41. The van der Waals surface area contributed by atoms with Crippen molar-refractivity contribution in [2.75, 3.05) is 7.11 Å². The molecule has 0 amide bonds. The maximum atomic E-state index is 5.99. The fourth-order valence-corrected chi connectivity index (χ4v) is 3.03. The Kier molecular flexibility index (Phi) is 6.30. The fraction of sp³-hybridized carbons (Fsp3) is 0.400. The summed E-state index contributed by atoms with van der Waals surface area (Å²) in [5, 5.41) is 3.31. The van der Waals surface area contributed by atoms with E-state index in [0.29, 0.717) is 30.2 Å². The Morgan fingerprint density at radius 1 is 1.19 bits per heavy atom. The van der Waals surface area contributed by atoms with Crippen LogP contribution in [0.25, 0.3) is 0 Å². The molecule has 0 radical (unpaired) electrons. The summed E-state index contributed by atoms with van der Waals surface area (Å²) in [6.07, 6.45) is 7.97. The van der Waals surface area contributed by atoms with Crippen molar-refractivity contribution in [3.8, 4) is 17.4 Å². The molecule has 0 saturated heterocycles. The van der Waals surface area contributed by atoms with Gasteiger partial charge in [0.15, 0.2) is 5.96 Å². The monoisotopic (exact) mass is 354 g/mol. The van der Waals surface area contributed by atoms with E-state index in [1.807, 2.05) is 36.4 Å². The normalized spacial score (nSPS) is 15.5. The van der Waals surface area contributed by atoms with Crippen LogP contribution in [0.1, 0.15) is 37.7 Å². The van der Waals surface area contributed by atoms with Gasteiger partial charge in [-0.2, -0.15) is 0 Å². The quantitative estimate of drug-likeness (QED) is 0.612. The number of methoxy groups -OCH3 is 1. The van der Waals surface area contributed by atoms with Crippen molar-refractivity contribution >= 4 is 5.96 Å². The number of rotatable bonds is 6. The molecule has 0 unspecified atom stereocenters. The summed E-state index contributed by atoms with van der Waals surface area (Å²) in [7, 11) is 1.63.